The van der Waals surface area contributed by atoms with Gasteiger partial charge in [0.25, 0.3) is 17.7 Å². The van der Waals surface area contributed by atoms with Crippen molar-refractivity contribution in [3.05, 3.63) is 114 Å². The van der Waals surface area contributed by atoms with Crippen LogP contribution in [-0.2, 0) is 16.1 Å². The molecule has 0 fully saturated rings. The number of thioether (sulfide) groups is 1. The van der Waals surface area contributed by atoms with E-state index in [2.05, 4.69) is 10.6 Å². The van der Waals surface area contributed by atoms with Gasteiger partial charge >= 0.3 is 0 Å². The van der Waals surface area contributed by atoms with E-state index in [9.17, 15) is 14.4 Å². The molecule has 0 spiro atoms. The quantitative estimate of drug-likeness (QED) is 0.334. The molecule has 0 bridgehead atoms. The molecule has 2 aromatic carbocycles. The van der Waals surface area contributed by atoms with Gasteiger partial charge in [-0.05, 0) is 60.7 Å². The molecule has 174 valence electrons. The third-order valence-corrected chi connectivity index (χ3v) is 6.23. The molecule has 0 atom stereocenters. The van der Waals surface area contributed by atoms with Gasteiger partial charge in [0.1, 0.15) is 16.4 Å². The van der Waals surface area contributed by atoms with Crippen LogP contribution in [0.4, 0.5) is 11.4 Å². The third kappa shape index (κ3) is 4.90. The summed E-state index contributed by atoms with van der Waals surface area (Å²) in [6.45, 7) is 0.0342. The zero-order valence-electron chi connectivity index (χ0n) is 18.3. The van der Waals surface area contributed by atoms with Gasteiger partial charge in [0.15, 0.2) is 5.76 Å². The van der Waals surface area contributed by atoms with E-state index in [1.807, 2.05) is 30.3 Å². The number of hydrogen-bond donors (Lipinski definition) is 2. The smallest absolute Gasteiger partial charge is 0.291 e. The average molecular weight is 486 g/mol. The van der Waals surface area contributed by atoms with Crippen molar-refractivity contribution in [3.63, 3.8) is 0 Å². The van der Waals surface area contributed by atoms with Gasteiger partial charge in [-0.15, -0.1) is 0 Å². The number of imide groups is 1. The molecule has 3 heterocycles. The summed E-state index contributed by atoms with van der Waals surface area (Å²) in [4.78, 5) is 40.8. The Bertz CT molecular complexity index is 1380. The fourth-order valence-electron chi connectivity index (χ4n) is 3.45. The molecular formula is C26H19N3O5S. The lowest BCUT2D eigenvalue weighted by Crippen LogP contribution is -2.31. The first-order valence-corrected chi connectivity index (χ1v) is 11.5. The van der Waals surface area contributed by atoms with Crippen molar-refractivity contribution in [2.45, 2.75) is 11.4 Å². The van der Waals surface area contributed by atoms with Gasteiger partial charge in [-0.2, -0.15) is 0 Å². The SMILES string of the molecule is O=C(Nc1ccc(SC2=C(Nc3ccccc3)C(=O)N(Cc3ccco3)C2=O)cc1)c1ccco1. The highest BCUT2D eigenvalue weighted by Gasteiger charge is 2.39. The molecule has 2 aromatic heterocycles. The highest BCUT2D eigenvalue weighted by molar-refractivity contribution is 8.04. The van der Waals surface area contributed by atoms with Gasteiger partial charge in [0, 0.05) is 16.3 Å². The van der Waals surface area contributed by atoms with Crippen LogP contribution in [0.3, 0.4) is 0 Å². The molecule has 1 aliphatic heterocycles. The maximum Gasteiger partial charge on any atom is 0.291 e. The molecule has 35 heavy (non-hydrogen) atoms. The summed E-state index contributed by atoms with van der Waals surface area (Å²) in [7, 11) is 0. The predicted molar refractivity (Wildman–Crippen MR) is 130 cm³/mol. The Labute approximate surface area is 204 Å². The fraction of sp³-hybridized carbons (Fsp3) is 0.0385. The van der Waals surface area contributed by atoms with Crippen LogP contribution in [0.1, 0.15) is 16.3 Å². The lowest BCUT2D eigenvalue weighted by molar-refractivity contribution is -0.138. The lowest BCUT2D eigenvalue weighted by atomic mass is 10.3. The number of nitrogens with zero attached hydrogens (tertiary/aromatic N) is 1. The molecule has 1 aliphatic rings. The van der Waals surface area contributed by atoms with Crippen LogP contribution in [-0.4, -0.2) is 22.6 Å². The minimum absolute atomic E-state index is 0.0342. The van der Waals surface area contributed by atoms with Crippen LogP contribution < -0.4 is 10.6 Å². The molecule has 8 nitrogen and oxygen atoms in total. The molecule has 0 saturated carbocycles. The van der Waals surface area contributed by atoms with Gasteiger partial charge in [0.05, 0.1) is 19.1 Å². The predicted octanol–water partition coefficient (Wildman–Crippen LogP) is 5.11. The maximum atomic E-state index is 13.3. The number of para-hydroxylation sites is 1. The molecular weight excluding hydrogens is 466 g/mol. The van der Waals surface area contributed by atoms with E-state index >= 15 is 0 Å². The molecule has 0 aliphatic carbocycles. The van der Waals surface area contributed by atoms with E-state index < -0.39 is 11.8 Å². The Hall–Kier alpha value is -4.50. The monoisotopic (exact) mass is 485 g/mol. The van der Waals surface area contributed by atoms with Crippen LogP contribution in [0.15, 0.2) is 116 Å². The Balaban J connectivity index is 1.37. The van der Waals surface area contributed by atoms with Crippen molar-refractivity contribution in [1.29, 1.82) is 0 Å². The molecule has 5 rings (SSSR count). The number of furan rings is 2. The molecule has 0 saturated heterocycles. The van der Waals surface area contributed by atoms with Crippen molar-refractivity contribution >= 4 is 40.9 Å². The lowest BCUT2D eigenvalue weighted by Gasteiger charge is -2.13. The normalized spacial score (nSPS) is 13.4. The minimum atomic E-state index is -0.430. The maximum absolute atomic E-state index is 13.3. The number of hydrogen-bond acceptors (Lipinski definition) is 7. The molecule has 2 N–H and O–H groups in total. The fourth-order valence-corrected chi connectivity index (χ4v) is 4.40. The summed E-state index contributed by atoms with van der Waals surface area (Å²) < 4.78 is 10.4. The summed E-state index contributed by atoms with van der Waals surface area (Å²) in [5, 5.41) is 5.85. The standard InChI is InChI=1S/C26H19N3O5S/c30-24(21-9-5-15-34-21)28-18-10-12-20(13-11-18)35-23-22(27-17-6-2-1-3-7-17)25(31)29(26(23)32)16-19-8-4-14-33-19/h1-15,27H,16H2,(H,28,30). The first-order chi connectivity index (χ1) is 17.1. The average Bonchev–Trinajstić information content (AvgIpc) is 3.63. The van der Waals surface area contributed by atoms with Gasteiger partial charge in [-0.1, -0.05) is 30.0 Å². The second-order valence-corrected chi connectivity index (χ2v) is 8.61. The van der Waals surface area contributed by atoms with Crippen molar-refractivity contribution in [1.82, 2.24) is 4.90 Å². The summed E-state index contributed by atoms with van der Waals surface area (Å²) in [5.74, 6) is -0.492. The summed E-state index contributed by atoms with van der Waals surface area (Å²) in [6.07, 6.45) is 2.93. The Morgan fingerprint density at radius 2 is 1.54 bits per heavy atom. The first-order valence-electron chi connectivity index (χ1n) is 10.7. The summed E-state index contributed by atoms with van der Waals surface area (Å²) in [5.41, 5.74) is 1.46. The molecule has 0 radical (unpaired) electrons. The van der Waals surface area contributed by atoms with E-state index in [0.717, 1.165) is 9.80 Å². The molecule has 0 unspecified atom stereocenters. The van der Waals surface area contributed by atoms with Gasteiger partial charge < -0.3 is 19.5 Å². The van der Waals surface area contributed by atoms with Crippen LogP contribution in [0.5, 0.6) is 0 Å². The molecule has 9 heteroatoms. The van der Waals surface area contributed by atoms with Crippen LogP contribution in [0.25, 0.3) is 0 Å². The van der Waals surface area contributed by atoms with E-state index in [-0.39, 0.29) is 28.8 Å². The number of anilines is 2. The second kappa shape index (κ2) is 9.78. The second-order valence-electron chi connectivity index (χ2n) is 7.53. The highest BCUT2D eigenvalue weighted by atomic mass is 32.2. The Morgan fingerprint density at radius 1 is 0.800 bits per heavy atom. The third-order valence-electron chi connectivity index (χ3n) is 5.14. The van der Waals surface area contributed by atoms with E-state index in [0.29, 0.717) is 17.1 Å². The Morgan fingerprint density at radius 3 is 2.23 bits per heavy atom. The number of carbonyl (C=O) groups excluding carboxylic acids is 3. The van der Waals surface area contributed by atoms with Crippen LogP contribution in [0, 0.1) is 0 Å². The van der Waals surface area contributed by atoms with E-state index in [1.165, 1.54) is 24.3 Å². The van der Waals surface area contributed by atoms with E-state index in [4.69, 9.17) is 8.83 Å². The van der Waals surface area contributed by atoms with Crippen molar-refractivity contribution < 1.29 is 23.2 Å². The van der Waals surface area contributed by atoms with Gasteiger partial charge in [0.2, 0.25) is 0 Å². The van der Waals surface area contributed by atoms with Crippen molar-refractivity contribution in [2.24, 2.45) is 0 Å². The number of rotatable bonds is 8. The Kier molecular flexibility index (Phi) is 6.23. The number of amides is 3. The number of benzene rings is 2. The van der Waals surface area contributed by atoms with Crippen molar-refractivity contribution in [2.75, 3.05) is 10.6 Å². The van der Waals surface area contributed by atoms with Crippen LogP contribution in [0.2, 0.25) is 0 Å². The zero-order chi connectivity index (χ0) is 24.2. The summed E-state index contributed by atoms with van der Waals surface area (Å²) in [6, 6.07) is 22.8. The van der Waals surface area contributed by atoms with Crippen LogP contribution >= 0.6 is 11.8 Å². The zero-order valence-corrected chi connectivity index (χ0v) is 19.1. The van der Waals surface area contributed by atoms with Gasteiger partial charge in [-0.25, -0.2) is 0 Å². The number of nitrogens with one attached hydrogen (secondary N) is 2. The molecule has 4 aromatic rings. The van der Waals surface area contributed by atoms with Gasteiger partial charge in [-0.3, -0.25) is 19.3 Å². The largest absolute Gasteiger partial charge is 0.467 e. The number of carbonyl (C=O) groups is 3. The summed E-state index contributed by atoms with van der Waals surface area (Å²) >= 11 is 1.18. The topological polar surface area (TPSA) is 105 Å². The minimum Gasteiger partial charge on any atom is -0.467 e. The van der Waals surface area contributed by atoms with Crippen molar-refractivity contribution in [3.8, 4) is 0 Å². The highest BCUT2D eigenvalue weighted by Crippen LogP contribution is 2.37. The first kappa shape index (κ1) is 22.3. The molecule has 3 amide bonds. The van der Waals surface area contributed by atoms with E-state index in [1.54, 1.807) is 48.5 Å².